The summed E-state index contributed by atoms with van der Waals surface area (Å²) in [5, 5.41) is 57.3. The molecule has 0 unspecified atom stereocenters. The molecule has 2 aromatic carbocycles. The average Bonchev–Trinajstić information content (AvgIpc) is 3.50. The van der Waals surface area contributed by atoms with Crippen LogP contribution in [0.3, 0.4) is 0 Å². The van der Waals surface area contributed by atoms with Crippen molar-refractivity contribution in [3.63, 3.8) is 0 Å². The quantitative estimate of drug-likeness (QED) is 0.255. The van der Waals surface area contributed by atoms with E-state index < -0.39 is 69.7 Å². The second-order valence-corrected chi connectivity index (χ2v) is 12.4. The highest BCUT2D eigenvalue weighted by molar-refractivity contribution is 6.24. The van der Waals surface area contributed by atoms with E-state index in [-0.39, 0.29) is 11.3 Å². The third kappa shape index (κ3) is 4.46. The summed E-state index contributed by atoms with van der Waals surface area (Å²) in [5.41, 5.74) is 3.34. The maximum Gasteiger partial charge on any atom is 0.255 e. The monoisotopic (exact) mass is 618 g/mol. The lowest BCUT2D eigenvalue weighted by molar-refractivity contribution is -0.167. The van der Waals surface area contributed by atoms with Crippen LogP contribution in [-0.2, 0) is 20.9 Å². The van der Waals surface area contributed by atoms with Crippen LogP contribution in [0.4, 0.5) is 0 Å². The number of phenolic OH excluding ortho intramolecular Hbond substituents is 1. The number of nitrogens with two attached hydrogens (primary N) is 1. The molecule has 0 bridgehead atoms. The maximum atomic E-state index is 14.1. The number of methoxy groups -OCH3 is 1. The van der Waals surface area contributed by atoms with Crippen LogP contribution in [0.1, 0.15) is 29.5 Å². The number of rotatable bonds is 6. The minimum absolute atomic E-state index is 0.122. The number of primary amides is 1. The number of nitrogens with zero attached hydrogens (tertiary/aromatic N) is 2. The number of benzene rings is 2. The van der Waals surface area contributed by atoms with Crippen LogP contribution in [0.5, 0.6) is 11.5 Å². The molecule has 3 aliphatic carbocycles. The molecule has 1 amide bonds. The van der Waals surface area contributed by atoms with Gasteiger partial charge in [-0.1, -0.05) is 12.1 Å². The van der Waals surface area contributed by atoms with Gasteiger partial charge in [-0.25, -0.2) is 0 Å². The van der Waals surface area contributed by atoms with Gasteiger partial charge >= 0.3 is 0 Å². The van der Waals surface area contributed by atoms with Crippen LogP contribution in [0.2, 0.25) is 0 Å². The largest absolute Gasteiger partial charge is 0.508 e. The Hall–Kier alpha value is -4.23. The Kier molecular flexibility index (Phi) is 7.51. The molecular formula is C33H36N3O9. The van der Waals surface area contributed by atoms with E-state index in [9.17, 15) is 39.9 Å². The highest BCUT2D eigenvalue weighted by Crippen LogP contribution is 2.54. The Morgan fingerprint density at radius 2 is 1.78 bits per heavy atom. The van der Waals surface area contributed by atoms with Crippen LogP contribution >= 0.6 is 0 Å². The van der Waals surface area contributed by atoms with Gasteiger partial charge in [-0.05, 0) is 74.9 Å². The van der Waals surface area contributed by atoms with E-state index in [0.717, 1.165) is 38.0 Å². The zero-order valence-corrected chi connectivity index (χ0v) is 25.1. The lowest BCUT2D eigenvalue weighted by Crippen LogP contribution is -2.70. The van der Waals surface area contributed by atoms with Gasteiger partial charge in [0.25, 0.3) is 5.91 Å². The zero-order chi connectivity index (χ0) is 32.5. The Morgan fingerprint density at radius 3 is 2.40 bits per heavy atom. The first kappa shape index (κ1) is 30.8. The molecule has 12 heteroatoms. The van der Waals surface area contributed by atoms with Crippen molar-refractivity contribution in [3.05, 3.63) is 70.3 Å². The predicted octanol–water partition coefficient (Wildman–Crippen LogP) is 1.22. The lowest BCUT2D eigenvalue weighted by atomic mass is 9.56. The van der Waals surface area contributed by atoms with Crippen molar-refractivity contribution in [3.8, 4) is 22.6 Å². The Balaban J connectivity index is 1.54. The first-order valence-corrected chi connectivity index (χ1v) is 14.8. The molecule has 0 spiro atoms. The molecule has 2 fully saturated rings. The summed E-state index contributed by atoms with van der Waals surface area (Å²) < 4.78 is 5.68. The highest BCUT2D eigenvalue weighted by Gasteiger charge is 2.67. The standard InChI is InChI=1S/C33H36N3O9/c1-35(2)26-25-27(38)19-13-18-16(17-12-15(6-9-21(17)45-3)14-36-10-4-5-11-36)7-8-20(37)22(18)28(39)23(19)30(41)33(25,44)31(42)24(29(26)40)32(34)43/h6-9,12-13,19,25-27,37-39,42,44H,4-5,10-11,14H2,1-3H3,(H2,34,43)/t19-,25-,26+,27+,33+/m1/s1. The number of aliphatic hydroxyl groups excluding tert-OH is 3. The van der Waals surface area contributed by atoms with Gasteiger partial charge in [-0.2, -0.15) is 0 Å². The van der Waals surface area contributed by atoms with Crippen LogP contribution < -0.4 is 10.5 Å². The van der Waals surface area contributed by atoms with E-state index in [2.05, 4.69) is 4.90 Å². The predicted molar refractivity (Wildman–Crippen MR) is 162 cm³/mol. The minimum atomic E-state index is -2.97. The Bertz CT molecular complexity index is 1690. The fraction of sp³-hybridized carbons (Fsp3) is 0.394. The summed E-state index contributed by atoms with van der Waals surface area (Å²) in [6, 6.07) is 7.34. The smallest absolute Gasteiger partial charge is 0.255 e. The fourth-order valence-corrected chi connectivity index (χ4v) is 7.53. The molecule has 45 heavy (non-hydrogen) atoms. The number of hydrogen-bond acceptors (Lipinski definition) is 11. The van der Waals surface area contributed by atoms with Crippen molar-refractivity contribution >= 4 is 23.2 Å². The summed E-state index contributed by atoms with van der Waals surface area (Å²) >= 11 is 0. The van der Waals surface area contributed by atoms with E-state index in [1.807, 2.05) is 18.2 Å². The number of phenols is 1. The molecule has 1 saturated heterocycles. The molecule has 1 aliphatic heterocycles. The SMILES string of the molecule is COc1ccc(CN2CCCC2)cc1-c1ccc(O)c2c1[CH][C@@H]1C(=C2O)C(=O)[C@]2(O)C(O)=C(C(N)=O)C(=O)[C@@H](N(C)C)[C@@H]2[C@H]1O. The Labute approximate surface area is 259 Å². The number of ether oxygens (including phenoxy) is 1. The van der Waals surface area contributed by atoms with Gasteiger partial charge in [0.2, 0.25) is 5.78 Å². The van der Waals surface area contributed by atoms with Gasteiger partial charge in [0.05, 0.1) is 30.7 Å². The first-order chi connectivity index (χ1) is 21.3. The Morgan fingerprint density at radius 1 is 1.09 bits per heavy atom. The van der Waals surface area contributed by atoms with Crippen molar-refractivity contribution in [2.75, 3.05) is 34.3 Å². The molecule has 1 radical (unpaired) electrons. The number of fused-ring (bicyclic) bond motifs is 3. The molecular weight excluding hydrogens is 582 g/mol. The average molecular weight is 619 g/mol. The molecule has 5 atom stereocenters. The van der Waals surface area contributed by atoms with Crippen molar-refractivity contribution in [1.29, 1.82) is 0 Å². The number of Topliss-reactive ketones (excluding diaryl/α,β-unsaturated/α-hetero) is 2. The first-order valence-electron chi connectivity index (χ1n) is 14.8. The van der Waals surface area contributed by atoms with Gasteiger partial charge in [0.1, 0.15) is 28.6 Å². The van der Waals surface area contributed by atoms with Crippen LogP contribution in [0.25, 0.3) is 16.9 Å². The minimum Gasteiger partial charge on any atom is -0.508 e. The van der Waals surface area contributed by atoms with Crippen molar-refractivity contribution < 1.29 is 44.7 Å². The van der Waals surface area contributed by atoms with Gasteiger partial charge in [0, 0.05) is 30.0 Å². The molecule has 6 rings (SSSR count). The summed E-state index contributed by atoms with van der Waals surface area (Å²) in [7, 11) is 4.44. The number of aromatic hydroxyl groups is 1. The van der Waals surface area contributed by atoms with Gasteiger partial charge in [-0.3, -0.25) is 24.2 Å². The molecule has 0 aromatic heterocycles. The van der Waals surface area contributed by atoms with Gasteiger partial charge < -0.3 is 36.0 Å². The highest BCUT2D eigenvalue weighted by atomic mass is 16.5. The number of amides is 1. The molecule has 12 nitrogen and oxygen atoms in total. The number of carbonyl (C=O) groups excluding carboxylic acids is 3. The number of hydrogen-bond donors (Lipinski definition) is 6. The number of likely N-dealkylation sites (tertiary alicyclic amines) is 1. The van der Waals surface area contributed by atoms with Crippen LogP contribution in [0, 0.1) is 18.3 Å². The van der Waals surface area contributed by atoms with E-state index in [1.165, 1.54) is 38.6 Å². The lowest BCUT2D eigenvalue weighted by Gasteiger charge is -2.52. The number of ketones is 2. The summed E-state index contributed by atoms with van der Waals surface area (Å²) in [6.45, 7) is 2.71. The second-order valence-electron chi connectivity index (χ2n) is 12.4. The maximum absolute atomic E-state index is 14.1. The zero-order valence-electron chi connectivity index (χ0n) is 25.1. The van der Waals surface area contributed by atoms with Gasteiger partial charge in [-0.15, -0.1) is 0 Å². The van der Waals surface area contributed by atoms with Crippen molar-refractivity contribution in [1.82, 2.24) is 9.80 Å². The number of carbonyl (C=O) groups is 3. The third-order valence-corrected chi connectivity index (χ3v) is 9.62. The fourth-order valence-electron chi connectivity index (χ4n) is 7.53. The summed E-state index contributed by atoms with van der Waals surface area (Å²) in [4.78, 5) is 43.4. The second kappa shape index (κ2) is 11.0. The number of aliphatic hydroxyl groups is 4. The third-order valence-electron chi connectivity index (χ3n) is 9.62. The summed E-state index contributed by atoms with van der Waals surface area (Å²) in [5.74, 6) is -8.32. The van der Waals surface area contributed by atoms with E-state index >= 15 is 0 Å². The summed E-state index contributed by atoms with van der Waals surface area (Å²) in [6.07, 6.45) is 2.06. The molecule has 2 aromatic rings. The van der Waals surface area contributed by atoms with Crippen LogP contribution in [-0.4, -0.2) is 105 Å². The number of likely N-dealkylation sites (N-methyl/N-ethyl adjacent to an activating group) is 1. The normalized spacial score (nSPS) is 28.3. The molecule has 1 saturated carbocycles. The van der Waals surface area contributed by atoms with Crippen LogP contribution in [0.15, 0.2) is 47.2 Å². The topological polar surface area (TPSA) is 194 Å². The van der Waals surface area contributed by atoms with Crippen molar-refractivity contribution in [2.45, 2.75) is 37.1 Å². The molecule has 1 heterocycles. The van der Waals surface area contributed by atoms with E-state index in [1.54, 1.807) is 6.07 Å². The van der Waals surface area contributed by atoms with Gasteiger partial charge in [0.15, 0.2) is 11.4 Å². The molecule has 237 valence electrons. The van der Waals surface area contributed by atoms with Crippen molar-refractivity contribution in [2.24, 2.45) is 17.6 Å². The van der Waals surface area contributed by atoms with E-state index in [0.29, 0.717) is 22.4 Å². The molecule has 7 N–H and O–H groups in total. The van der Waals surface area contributed by atoms with E-state index in [4.69, 9.17) is 10.5 Å². The molecule has 4 aliphatic rings.